The number of aliphatic hydroxyl groups is 3. The van der Waals surface area contributed by atoms with E-state index in [1.54, 1.807) is 0 Å². The van der Waals surface area contributed by atoms with Gasteiger partial charge in [0.2, 0.25) is 6.29 Å². The molecule has 0 bridgehead atoms. The van der Waals surface area contributed by atoms with Crippen molar-refractivity contribution in [1.29, 1.82) is 0 Å². The summed E-state index contributed by atoms with van der Waals surface area (Å²) in [7, 11) is 0. The molecule has 0 aliphatic carbocycles. The Morgan fingerprint density at radius 3 is 2.30 bits per heavy atom. The topological polar surface area (TPSA) is 122 Å². The van der Waals surface area contributed by atoms with Crippen LogP contribution in [0, 0.1) is 10.1 Å². The maximum absolute atomic E-state index is 10.5. The molecule has 1 saturated heterocycles. The number of hydrogen-bond donors (Lipinski definition) is 3. The lowest BCUT2D eigenvalue weighted by atomic mass is 10.00. The number of hydrogen-bond acceptors (Lipinski definition) is 7. The molecule has 0 spiro atoms. The van der Waals surface area contributed by atoms with E-state index >= 15 is 0 Å². The van der Waals surface area contributed by atoms with Crippen LogP contribution in [0.2, 0.25) is 0 Å². The van der Waals surface area contributed by atoms with Gasteiger partial charge in [-0.25, -0.2) is 0 Å². The van der Waals surface area contributed by atoms with E-state index in [0.717, 1.165) is 0 Å². The molecule has 0 aromatic heterocycles. The fourth-order valence-electron chi connectivity index (χ4n) is 1.89. The van der Waals surface area contributed by atoms with Crippen LogP contribution in [-0.4, -0.2) is 50.9 Å². The summed E-state index contributed by atoms with van der Waals surface area (Å²) in [6.45, 7) is 1.53. The Balaban J connectivity index is 2.07. The molecule has 0 saturated carbocycles. The molecule has 1 heterocycles. The van der Waals surface area contributed by atoms with Crippen LogP contribution in [0.4, 0.5) is 5.69 Å². The summed E-state index contributed by atoms with van der Waals surface area (Å²) in [6, 6.07) is 5.21. The van der Waals surface area contributed by atoms with Gasteiger partial charge in [-0.15, -0.1) is 0 Å². The smallest absolute Gasteiger partial charge is 0.269 e. The second-order valence-electron chi connectivity index (χ2n) is 4.55. The molecule has 5 atom stereocenters. The highest BCUT2D eigenvalue weighted by molar-refractivity contribution is 5.36. The molecule has 1 aliphatic heterocycles. The molecule has 1 aromatic rings. The summed E-state index contributed by atoms with van der Waals surface area (Å²) in [4.78, 5) is 9.97. The molecule has 8 nitrogen and oxygen atoms in total. The molecule has 2 rings (SSSR count). The molecule has 20 heavy (non-hydrogen) atoms. The maximum atomic E-state index is 10.5. The first-order valence-corrected chi connectivity index (χ1v) is 6.01. The van der Waals surface area contributed by atoms with Crippen LogP contribution < -0.4 is 4.74 Å². The van der Waals surface area contributed by atoms with Crippen molar-refractivity contribution in [2.24, 2.45) is 0 Å². The largest absolute Gasteiger partial charge is 0.462 e. The van der Waals surface area contributed by atoms with Crippen LogP contribution in [0.1, 0.15) is 6.92 Å². The van der Waals surface area contributed by atoms with Crippen molar-refractivity contribution in [1.82, 2.24) is 0 Å². The minimum atomic E-state index is -1.42. The van der Waals surface area contributed by atoms with Gasteiger partial charge in [-0.3, -0.25) is 10.1 Å². The summed E-state index contributed by atoms with van der Waals surface area (Å²) in [5.74, 6) is 0.246. The molecule has 1 aliphatic rings. The highest BCUT2D eigenvalue weighted by Gasteiger charge is 2.43. The third kappa shape index (κ3) is 2.88. The van der Waals surface area contributed by atoms with Crippen molar-refractivity contribution < 1.29 is 29.7 Å². The van der Waals surface area contributed by atoms with E-state index in [1.807, 2.05) is 0 Å². The Kier molecular flexibility index (Phi) is 4.19. The molecular formula is C12H15NO7. The summed E-state index contributed by atoms with van der Waals surface area (Å²) in [5, 5.41) is 39.4. The number of nitro benzene ring substituents is 1. The second kappa shape index (κ2) is 5.71. The van der Waals surface area contributed by atoms with Crippen LogP contribution in [-0.2, 0) is 4.74 Å². The zero-order valence-corrected chi connectivity index (χ0v) is 10.6. The molecule has 0 amide bonds. The highest BCUT2D eigenvalue weighted by Crippen LogP contribution is 2.25. The number of ether oxygens (including phenoxy) is 2. The lowest BCUT2D eigenvalue weighted by molar-refractivity contribution is -0.384. The van der Waals surface area contributed by atoms with E-state index in [-0.39, 0.29) is 11.4 Å². The summed E-state index contributed by atoms with van der Waals surface area (Å²) < 4.78 is 10.6. The SMILES string of the molecule is C[C@@H]1O[C@@H](Oc2ccc([N+](=O)[O-])cc2)[C@H](O)[C@H](O)[C@H]1O. The van der Waals surface area contributed by atoms with Crippen LogP contribution in [0.15, 0.2) is 24.3 Å². The van der Waals surface area contributed by atoms with Crippen molar-refractivity contribution in [3.05, 3.63) is 34.4 Å². The van der Waals surface area contributed by atoms with Crippen LogP contribution in [0.25, 0.3) is 0 Å². The number of non-ortho nitro benzene ring substituents is 1. The molecule has 110 valence electrons. The van der Waals surface area contributed by atoms with E-state index in [4.69, 9.17) is 9.47 Å². The normalized spacial score (nSPS) is 33.7. The van der Waals surface area contributed by atoms with E-state index in [0.29, 0.717) is 0 Å². The number of rotatable bonds is 3. The summed E-state index contributed by atoms with van der Waals surface area (Å²) in [5.41, 5.74) is -0.0914. The van der Waals surface area contributed by atoms with Gasteiger partial charge in [-0.2, -0.15) is 0 Å². The Labute approximate surface area is 114 Å². The fraction of sp³-hybridized carbons (Fsp3) is 0.500. The lowest BCUT2D eigenvalue weighted by Crippen LogP contribution is -2.58. The lowest BCUT2D eigenvalue weighted by Gasteiger charge is -2.38. The van der Waals surface area contributed by atoms with E-state index < -0.39 is 35.6 Å². The van der Waals surface area contributed by atoms with Gasteiger partial charge in [0.05, 0.1) is 11.0 Å². The first-order chi connectivity index (χ1) is 9.40. The Morgan fingerprint density at radius 2 is 1.75 bits per heavy atom. The Morgan fingerprint density at radius 1 is 1.15 bits per heavy atom. The molecule has 0 radical (unpaired) electrons. The number of nitro groups is 1. The van der Waals surface area contributed by atoms with Gasteiger partial charge in [0.15, 0.2) is 0 Å². The predicted molar refractivity (Wildman–Crippen MR) is 66.1 cm³/mol. The summed E-state index contributed by atoms with van der Waals surface area (Å²) in [6.07, 6.45) is -5.89. The third-order valence-electron chi connectivity index (χ3n) is 3.11. The van der Waals surface area contributed by atoms with Crippen LogP contribution >= 0.6 is 0 Å². The van der Waals surface area contributed by atoms with Gasteiger partial charge in [-0.05, 0) is 19.1 Å². The van der Waals surface area contributed by atoms with Crippen molar-refractivity contribution >= 4 is 5.69 Å². The molecule has 1 fully saturated rings. The first-order valence-electron chi connectivity index (χ1n) is 6.01. The highest BCUT2D eigenvalue weighted by atomic mass is 16.7. The van der Waals surface area contributed by atoms with E-state index in [1.165, 1.54) is 31.2 Å². The number of benzene rings is 1. The van der Waals surface area contributed by atoms with Crippen molar-refractivity contribution in [3.63, 3.8) is 0 Å². The minimum Gasteiger partial charge on any atom is -0.462 e. The van der Waals surface area contributed by atoms with Gasteiger partial charge in [0.25, 0.3) is 5.69 Å². The van der Waals surface area contributed by atoms with Crippen molar-refractivity contribution in [2.75, 3.05) is 0 Å². The molecule has 0 unspecified atom stereocenters. The standard InChI is InChI=1S/C12H15NO7/c1-6-9(14)10(15)11(16)12(19-6)20-8-4-2-7(3-5-8)13(17)18/h2-6,9-12,14-16H,1H3/t6-,9-,10+,11+,12-/m0/s1. The quantitative estimate of drug-likeness (QED) is 0.519. The average Bonchev–Trinajstić information content (AvgIpc) is 2.43. The van der Waals surface area contributed by atoms with E-state index in [2.05, 4.69) is 0 Å². The number of aliphatic hydroxyl groups excluding tert-OH is 3. The Bertz CT molecular complexity index is 477. The number of nitrogens with zero attached hydrogens (tertiary/aromatic N) is 1. The molecular weight excluding hydrogens is 270 g/mol. The van der Waals surface area contributed by atoms with Gasteiger partial charge in [0, 0.05) is 12.1 Å². The fourth-order valence-corrected chi connectivity index (χ4v) is 1.89. The zero-order valence-electron chi connectivity index (χ0n) is 10.6. The Hall–Kier alpha value is -1.74. The van der Waals surface area contributed by atoms with Gasteiger partial charge in [-0.1, -0.05) is 0 Å². The molecule has 3 N–H and O–H groups in total. The van der Waals surface area contributed by atoms with Gasteiger partial charge >= 0.3 is 0 Å². The molecule has 8 heteroatoms. The average molecular weight is 285 g/mol. The third-order valence-corrected chi connectivity index (χ3v) is 3.11. The van der Waals surface area contributed by atoms with Crippen molar-refractivity contribution in [2.45, 2.75) is 37.6 Å². The monoisotopic (exact) mass is 285 g/mol. The van der Waals surface area contributed by atoms with E-state index in [9.17, 15) is 25.4 Å². The predicted octanol–water partition coefficient (Wildman–Crippen LogP) is -0.199. The van der Waals surface area contributed by atoms with Crippen LogP contribution in [0.3, 0.4) is 0 Å². The summed E-state index contributed by atoms with van der Waals surface area (Å²) >= 11 is 0. The van der Waals surface area contributed by atoms with Gasteiger partial charge < -0.3 is 24.8 Å². The molecule has 1 aromatic carbocycles. The van der Waals surface area contributed by atoms with Crippen molar-refractivity contribution in [3.8, 4) is 5.75 Å². The zero-order chi connectivity index (χ0) is 14.9. The van der Waals surface area contributed by atoms with Gasteiger partial charge in [0.1, 0.15) is 24.1 Å². The second-order valence-corrected chi connectivity index (χ2v) is 4.55. The minimum absolute atomic E-state index is 0.0914. The van der Waals surface area contributed by atoms with Crippen LogP contribution in [0.5, 0.6) is 5.75 Å². The maximum Gasteiger partial charge on any atom is 0.269 e. The first kappa shape index (κ1) is 14.7.